The fourth-order valence-electron chi connectivity index (χ4n) is 2.46. The normalized spacial score (nSPS) is 16.4. The van der Waals surface area contributed by atoms with E-state index in [0.717, 1.165) is 5.69 Å². The summed E-state index contributed by atoms with van der Waals surface area (Å²) in [5.74, 6) is 0.233. The van der Waals surface area contributed by atoms with Gasteiger partial charge in [0.15, 0.2) is 6.10 Å². The Kier molecular flexibility index (Phi) is 4.74. The molecule has 0 saturated carbocycles. The van der Waals surface area contributed by atoms with Crippen LogP contribution in [-0.4, -0.2) is 43.5 Å². The number of aromatic carboxylic acids is 1. The number of hydrogen-bond donors (Lipinski definition) is 1. The van der Waals surface area contributed by atoms with Crippen LogP contribution in [0.25, 0.3) is 0 Å². The lowest BCUT2D eigenvalue weighted by molar-refractivity contribution is 0.0696. The molecule has 1 unspecified atom stereocenters. The maximum absolute atomic E-state index is 12.0. The van der Waals surface area contributed by atoms with Crippen LogP contribution >= 0.6 is 0 Å². The minimum atomic E-state index is -0.994. The third-order valence-corrected chi connectivity index (χ3v) is 3.80. The summed E-state index contributed by atoms with van der Waals surface area (Å²) in [5.41, 5.74) is 0.907. The van der Waals surface area contributed by atoms with Crippen LogP contribution in [0.15, 0.2) is 48.5 Å². The quantitative estimate of drug-likeness (QED) is 0.868. The highest BCUT2D eigenvalue weighted by Gasteiger charge is 2.32. The van der Waals surface area contributed by atoms with Gasteiger partial charge in [-0.25, -0.2) is 9.59 Å². The number of methoxy groups -OCH3 is 1. The number of nitrogens with zero attached hydrogens (tertiary/aromatic N) is 1. The van der Waals surface area contributed by atoms with E-state index in [1.807, 2.05) is 0 Å². The summed E-state index contributed by atoms with van der Waals surface area (Å²) in [5, 5.41) is 8.87. The van der Waals surface area contributed by atoms with E-state index in [1.165, 1.54) is 17.0 Å². The maximum atomic E-state index is 12.0. The van der Waals surface area contributed by atoms with Gasteiger partial charge in [-0.3, -0.25) is 4.90 Å². The zero-order valence-electron chi connectivity index (χ0n) is 13.5. The van der Waals surface area contributed by atoms with Gasteiger partial charge in [0.1, 0.15) is 18.1 Å². The Morgan fingerprint density at radius 2 is 1.80 bits per heavy atom. The molecule has 0 radical (unpaired) electrons. The molecule has 1 aliphatic rings. The van der Waals surface area contributed by atoms with Crippen molar-refractivity contribution in [3.8, 4) is 11.5 Å². The van der Waals surface area contributed by atoms with Gasteiger partial charge in [-0.1, -0.05) is 0 Å². The number of cyclic esters (lactones) is 1. The minimum Gasteiger partial charge on any atom is -0.497 e. The molecule has 2 aromatic carbocycles. The number of rotatable bonds is 6. The molecule has 1 fully saturated rings. The average molecular weight is 343 g/mol. The van der Waals surface area contributed by atoms with Crippen molar-refractivity contribution in [2.75, 3.05) is 25.2 Å². The summed E-state index contributed by atoms with van der Waals surface area (Å²) >= 11 is 0. The Morgan fingerprint density at radius 3 is 2.40 bits per heavy atom. The third-order valence-electron chi connectivity index (χ3n) is 3.80. The molecule has 1 atom stereocenters. The summed E-state index contributed by atoms with van der Waals surface area (Å²) in [6.45, 7) is 0.559. The van der Waals surface area contributed by atoms with Crippen molar-refractivity contribution in [3.63, 3.8) is 0 Å². The van der Waals surface area contributed by atoms with E-state index in [2.05, 4.69) is 0 Å². The number of ether oxygens (including phenoxy) is 3. The molecule has 7 heteroatoms. The summed E-state index contributed by atoms with van der Waals surface area (Å²) < 4.78 is 16.0. The van der Waals surface area contributed by atoms with Gasteiger partial charge in [-0.2, -0.15) is 0 Å². The van der Waals surface area contributed by atoms with Gasteiger partial charge in [0.25, 0.3) is 0 Å². The van der Waals surface area contributed by atoms with E-state index in [0.29, 0.717) is 18.0 Å². The van der Waals surface area contributed by atoms with Crippen LogP contribution in [0.2, 0.25) is 0 Å². The highest BCUT2D eigenvalue weighted by molar-refractivity contribution is 5.89. The number of carboxylic acids is 1. The van der Waals surface area contributed by atoms with E-state index in [9.17, 15) is 9.59 Å². The van der Waals surface area contributed by atoms with Gasteiger partial charge in [-0.15, -0.1) is 0 Å². The van der Waals surface area contributed by atoms with Crippen LogP contribution in [0, 0.1) is 0 Å². The lowest BCUT2D eigenvalue weighted by atomic mass is 10.2. The molecule has 0 aliphatic carbocycles. The molecule has 0 spiro atoms. The molecule has 130 valence electrons. The van der Waals surface area contributed by atoms with Crippen LogP contribution in [0.3, 0.4) is 0 Å². The monoisotopic (exact) mass is 343 g/mol. The van der Waals surface area contributed by atoms with E-state index < -0.39 is 18.2 Å². The Hall–Kier alpha value is -3.22. The molecule has 25 heavy (non-hydrogen) atoms. The van der Waals surface area contributed by atoms with Crippen LogP contribution in [0.1, 0.15) is 10.4 Å². The molecule has 1 aliphatic heterocycles. The molecule has 0 bridgehead atoms. The van der Waals surface area contributed by atoms with Gasteiger partial charge in [0, 0.05) is 5.69 Å². The highest BCUT2D eigenvalue weighted by Crippen LogP contribution is 2.24. The van der Waals surface area contributed by atoms with E-state index in [-0.39, 0.29) is 12.2 Å². The van der Waals surface area contributed by atoms with Crippen molar-refractivity contribution in [1.82, 2.24) is 0 Å². The zero-order valence-corrected chi connectivity index (χ0v) is 13.5. The van der Waals surface area contributed by atoms with Crippen LogP contribution in [0.5, 0.6) is 11.5 Å². The van der Waals surface area contributed by atoms with Crippen molar-refractivity contribution < 1.29 is 28.9 Å². The lowest BCUT2D eigenvalue weighted by Crippen LogP contribution is -2.26. The molecule has 1 N–H and O–H groups in total. The van der Waals surface area contributed by atoms with E-state index in [4.69, 9.17) is 19.3 Å². The topological polar surface area (TPSA) is 85.3 Å². The lowest BCUT2D eigenvalue weighted by Gasteiger charge is -2.13. The summed E-state index contributed by atoms with van der Waals surface area (Å²) in [4.78, 5) is 24.4. The number of carbonyl (C=O) groups is 2. The first kappa shape index (κ1) is 16.6. The first-order chi connectivity index (χ1) is 12.1. The van der Waals surface area contributed by atoms with Crippen molar-refractivity contribution >= 4 is 17.7 Å². The number of amides is 1. The molecule has 1 amide bonds. The molecular weight excluding hydrogens is 326 g/mol. The molecule has 0 aromatic heterocycles. The predicted octanol–water partition coefficient (Wildman–Crippen LogP) is 2.80. The van der Waals surface area contributed by atoms with E-state index in [1.54, 1.807) is 43.5 Å². The first-order valence-electron chi connectivity index (χ1n) is 7.65. The molecule has 1 heterocycles. The van der Waals surface area contributed by atoms with E-state index >= 15 is 0 Å². The zero-order chi connectivity index (χ0) is 17.8. The number of carboxylic acid groups (broad SMARTS) is 1. The average Bonchev–Trinajstić information content (AvgIpc) is 3.01. The number of anilines is 1. The first-order valence-corrected chi connectivity index (χ1v) is 7.65. The SMILES string of the molecule is COc1ccc(N2CC(COc3ccc(C(=O)O)cc3)OC2=O)cc1. The molecule has 1 saturated heterocycles. The van der Waals surface area contributed by atoms with Gasteiger partial charge >= 0.3 is 12.1 Å². The Morgan fingerprint density at radius 1 is 1.16 bits per heavy atom. The fraction of sp³-hybridized carbons (Fsp3) is 0.222. The smallest absolute Gasteiger partial charge is 0.414 e. The second kappa shape index (κ2) is 7.12. The second-order valence-corrected chi connectivity index (χ2v) is 5.45. The molecule has 3 rings (SSSR count). The van der Waals surface area contributed by atoms with Crippen LogP contribution < -0.4 is 14.4 Å². The number of benzene rings is 2. The van der Waals surface area contributed by atoms with Gasteiger partial charge < -0.3 is 19.3 Å². The van der Waals surface area contributed by atoms with Crippen LogP contribution in [0.4, 0.5) is 10.5 Å². The number of carbonyl (C=O) groups excluding carboxylic acids is 1. The summed E-state index contributed by atoms with van der Waals surface area (Å²) in [6, 6.07) is 13.2. The largest absolute Gasteiger partial charge is 0.497 e. The molecule has 2 aromatic rings. The Bertz CT molecular complexity index is 756. The van der Waals surface area contributed by atoms with Crippen molar-refractivity contribution in [2.24, 2.45) is 0 Å². The molecule has 7 nitrogen and oxygen atoms in total. The summed E-state index contributed by atoms with van der Waals surface area (Å²) in [7, 11) is 1.58. The standard InChI is InChI=1S/C18H17NO6/c1-23-14-8-4-13(5-9-14)19-10-16(25-18(19)22)11-24-15-6-2-12(3-7-15)17(20)21/h2-9,16H,10-11H2,1H3,(H,20,21). The van der Waals surface area contributed by atoms with Crippen molar-refractivity contribution in [2.45, 2.75) is 6.10 Å². The Labute approximate surface area is 144 Å². The maximum Gasteiger partial charge on any atom is 0.414 e. The number of hydrogen-bond acceptors (Lipinski definition) is 5. The Balaban J connectivity index is 1.57. The van der Waals surface area contributed by atoms with Gasteiger partial charge in [0.2, 0.25) is 0 Å². The van der Waals surface area contributed by atoms with Gasteiger partial charge in [-0.05, 0) is 48.5 Å². The van der Waals surface area contributed by atoms with Gasteiger partial charge in [0.05, 0.1) is 19.2 Å². The highest BCUT2D eigenvalue weighted by atomic mass is 16.6. The fourth-order valence-corrected chi connectivity index (χ4v) is 2.46. The predicted molar refractivity (Wildman–Crippen MR) is 89.5 cm³/mol. The minimum absolute atomic E-state index is 0.185. The summed E-state index contributed by atoms with van der Waals surface area (Å²) in [6.07, 6.45) is -0.839. The van der Waals surface area contributed by atoms with Crippen molar-refractivity contribution in [1.29, 1.82) is 0 Å². The molecular formula is C18H17NO6. The third kappa shape index (κ3) is 3.82. The van der Waals surface area contributed by atoms with Crippen molar-refractivity contribution in [3.05, 3.63) is 54.1 Å². The second-order valence-electron chi connectivity index (χ2n) is 5.45. The van der Waals surface area contributed by atoms with Crippen LogP contribution in [-0.2, 0) is 4.74 Å².